The zero-order valence-electron chi connectivity index (χ0n) is 11.6. The van der Waals surface area contributed by atoms with E-state index in [1.165, 1.54) is 34.2 Å². The average molecular weight is 375 g/mol. The molecule has 3 rings (SSSR count). The Balaban J connectivity index is 1.61. The van der Waals surface area contributed by atoms with Crippen LogP contribution >= 0.6 is 23.1 Å². The van der Waals surface area contributed by atoms with E-state index in [9.17, 15) is 18.0 Å². The number of carboxylic acid groups (broad SMARTS) is 1. The highest BCUT2D eigenvalue weighted by atomic mass is 32.2. The second-order valence-electron chi connectivity index (χ2n) is 4.91. The monoisotopic (exact) mass is 375 g/mol. The van der Waals surface area contributed by atoms with Crippen molar-refractivity contribution in [1.82, 2.24) is 14.3 Å². The van der Waals surface area contributed by atoms with Gasteiger partial charge in [0.05, 0.1) is 5.57 Å². The third-order valence-corrected chi connectivity index (χ3v) is 6.64. The molecule has 1 aromatic rings. The van der Waals surface area contributed by atoms with Crippen LogP contribution in [0.1, 0.15) is 4.88 Å². The van der Waals surface area contributed by atoms with Crippen LogP contribution < -0.4 is 9.44 Å². The number of thioether (sulfide) groups is 1. The molecule has 0 radical (unpaired) electrons. The summed E-state index contributed by atoms with van der Waals surface area (Å²) in [5, 5.41) is 10.4. The van der Waals surface area contributed by atoms with Crippen LogP contribution in [-0.2, 0) is 26.3 Å². The maximum absolute atomic E-state index is 12.0. The number of rotatable bonds is 6. The molecule has 2 aliphatic heterocycles. The van der Waals surface area contributed by atoms with E-state index in [-0.39, 0.29) is 17.9 Å². The maximum atomic E-state index is 12.0. The minimum absolute atomic E-state index is 0.122. The van der Waals surface area contributed by atoms with Gasteiger partial charge in [0.15, 0.2) is 0 Å². The van der Waals surface area contributed by atoms with Crippen LogP contribution in [0.2, 0.25) is 0 Å². The second kappa shape index (κ2) is 6.24. The first kappa shape index (κ1) is 16.5. The van der Waals surface area contributed by atoms with E-state index < -0.39 is 33.5 Å². The summed E-state index contributed by atoms with van der Waals surface area (Å²) < 4.78 is 28.7. The zero-order chi connectivity index (χ0) is 16.6. The number of nitrogens with zero attached hydrogens (tertiary/aromatic N) is 1. The van der Waals surface area contributed by atoms with Gasteiger partial charge in [-0.2, -0.15) is 17.9 Å². The third kappa shape index (κ3) is 3.43. The molecule has 0 spiro atoms. The van der Waals surface area contributed by atoms with E-state index in [1.54, 1.807) is 6.07 Å². The molecular formula is C12H13N3O5S3. The maximum Gasteiger partial charge on any atom is 0.333 e. The van der Waals surface area contributed by atoms with E-state index in [2.05, 4.69) is 9.44 Å². The summed E-state index contributed by atoms with van der Waals surface area (Å²) in [7, 11) is -3.82. The zero-order valence-corrected chi connectivity index (χ0v) is 14.1. The Morgan fingerprint density at radius 2 is 2.26 bits per heavy atom. The molecule has 0 bridgehead atoms. The number of thiophene rings is 1. The van der Waals surface area contributed by atoms with Crippen LogP contribution in [0.25, 0.3) is 0 Å². The Kier molecular flexibility index (Phi) is 4.47. The fourth-order valence-electron chi connectivity index (χ4n) is 2.19. The Labute approximate surface area is 140 Å². The topological polar surface area (TPSA) is 116 Å². The van der Waals surface area contributed by atoms with Gasteiger partial charge in [0.2, 0.25) is 5.91 Å². The number of carbonyl (C=O) groups excluding carboxylic acids is 1. The summed E-state index contributed by atoms with van der Waals surface area (Å²) >= 11 is 2.65. The molecule has 1 amide bonds. The third-order valence-electron chi connectivity index (χ3n) is 3.36. The summed E-state index contributed by atoms with van der Waals surface area (Å²) in [4.78, 5) is 25.0. The minimum Gasteiger partial charge on any atom is -0.478 e. The van der Waals surface area contributed by atoms with E-state index in [0.29, 0.717) is 0 Å². The molecule has 1 unspecified atom stereocenters. The van der Waals surface area contributed by atoms with Gasteiger partial charge in [-0.3, -0.25) is 4.79 Å². The van der Waals surface area contributed by atoms with Crippen molar-refractivity contribution >= 4 is 45.2 Å². The predicted molar refractivity (Wildman–Crippen MR) is 85.8 cm³/mol. The van der Waals surface area contributed by atoms with Crippen molar-refractivity contribution in [3.05, 3.63) is 34.2 Å². The molecule has 2 atom stereocenters. The summed E-state index contributed by atoms with van der Waals surface area (Å²) in [6.45, 7) is 0.151. The fourth-order valence-corrected chi connectivity index (χ4v) is 5.26. The highest BCUT2D eigenvalue weighted by molar-refractivity contribution is 8.00. The average Bonchev–Trinajstić information content (AvgIpc) is 3.03. The Morgan fingerprint density at radius 3 is 2.91 bits per heavy atom. The number of carbonyl (C=O) groups is 2. The Bertz CT molecular complexity index is 759. The standard InChI is InChI=1S/C12H13N3O5S3/c16-10-9(11-15(10)5-7(6-22-11)12(17)18)14-23(19,20)13-4-8-2-1-3-21-8/h1-3,5,9,11,13-14H,4,6H2,(H,17,18)/t9?,11-/m1/s1. The van der Waals surface area contributed by atoms with Gasteiger partial charge in [0.1, 0.15) is 11.4 Å². The number of nitrogens with one attached hydrogen (secondary N) is 2. The molecule has 0 saturated carbocycles. The molecule has 3 N–H and O–H groups in total. The van der Waals surface area contributed by atoms with Crippen molar-refractivity contribution in [1.29, 1.82) is 0 Å². The number of amides is 1. The second-order valence-corrected chi connectivity index (χ2v) is 8.57. The summed E-state index contributed by atoms with van der Waals surface area (Å²) in [5.41, 5.74) is 0.122. The lowest BCUT2D eigenvalue weighted by Gasteiger charge is -2.46. The van der Waals surface area contributed by atoms with Crippen LogP contribution in [-0.4, -0.2) is 47.5 Å². The molecule has 3 heterocycles. The molecule has 2 aliphatic rings. The number of fused-ring (bicyclic) bond motifs is 1. The molecule has 23 heavy (non-hydrogen) atoms. The molecule has 1 aromatic heterocycles. The normalized spacial score (nSPS) is 23.9. The lowest BCUT2D eigenvalue weighted by Crippen LogP contribution is -2.69. The summed E-state index contributed by atoms with van der Waals surface area (Å²) in [6.07, 6.45) is 1.27. The van der Waals surface area contributed by atoms with Crippen LogP contribution in [0.5, 0.6) is 0 Å². The van der Waals surface area contributed by atoms with Crippen molar-refractivity contribution in [3.63, 3.8) is 0 Å². The number of aliphatic carboxylic acids is 1. The number of hydrogen-bond donors (Lipinski definition) is 3. The lowest BCUT2D eigenvalue weighted by atomic mass is 10.1. The first-order valence-corrected chi connectivity index (χ1v) is 9.95. The SMILES string of the molecule is O=C(O)C1=CN2C(=O)C(NS(=O)(=O)NCc3cccs3)[C@H]2SC1. The van der Waals surface area contributed by atoms with Gasteiger partial charge >= 0.3 is 5.97 Å². The molecule has 1 fully saturated rings. The van der Waals surface area contributed by atoms with Crippen molar-refractivity contribution in [2.45, 2.75) is 18.0 Å². The molecule has 0 aliphatic carbocycles. The highest BCUT2D eigenvalue weighted by Gasteiger charge is 2.50. The summed E-state index contributed by atoms with van der Waals surface area (Å²) in [5.74, 6) is -1.31. The molecular weight excluding hydrogens is 362 g/mol. The van der Waals surface area contributed by atoms with Crippen molar-refractivity contribution in [2.24, 2.45) is 0 Å². The van der Waals surface area contributed by atoms with Gasteiger partial charge in [0.25, 0.3) is 10.2 Å². The van der Waals surface area contributed by atoms with Crippen LogP contribution in [0.15, 0.2) is 29.3 Å². The number of carboxylic acids is 1. The summed E-state index contributed by atoms with van der Waals surface area (Å²) in [6, 6.07) is 2.74. The number of β-lactam (4-membered cyclic amide) rings is 1. The molecule has 1 saturated heterocycles. The largest absolute Gasteiger partial charge is 0.478 e. The molecule has 8 nitrogen and oxygen atoms in total. The highest BCUT2D eigenvalue weighted by Crippen LogP contribution is 2.36. The van der Waals surface area contributed by atoms with Crippen molar-refractivity contribution in [2.75, 3.05) is 5.75 Å². The number of hydrogen-bond acceptors (Lipinski definition) is 6. The van der Waals surface area contributed by atoms with E-state index in [0.717, 1.165) is 4.88 Å². The van der Waals surface area contributed by atoms with E-state index in [4.69, 9.17) is 5.11 Å². The van der Waals surface area contributed by atoms with E-state index >= 15 is 0 Å². The van der Waals surface area contributed by atoms with Crippen LogP contribution in [0.3, 0.4) is 0 Å². The van der Waals surface area contributed by atoms with Gasteiger partial charge < -0.3 is 10.0 Å². The minimum atomic E-state index is -3.82. The smallest absolute Gasteiger partial charge is 0.333 e. The molecule has 124 valence electrons. The first-order chi connectivity index (χ1) is 10.9. The fraction of sp³-hybridized carbons (Fsp3) is 0.333. The van der Waals surface area contributed by atoms with Crippen molar-refractivity contribution in [3.8, 4) is 0 Å². The first-order valence-electron chi connectivity index (χ1n) is 6.54. The van der Waals surface area contributed by atoms with Crippen LogP contribution in [0.4, 0.5) is 0 Å². The van der Waals surface area contributed by atoms with Gasteiger partial charge in [-0.05, 0) is 11.4 Å². The van der Waals surface area contributed by atoms with Gasteiger partial charge in [-0.25, -0.2) is 4.79 Å². The van der Waals surface area contributed by atoms with Crippen LogP contribution in [0, 0.1) is 0 Å². The Hall–Kier alpha value is -1.40. The van der Waals surface area contributed by atoms with Gasteiger partial charge in [-0.1, -0.05) is 6.07 Å². The molecule has 11 heteroatoms. The molecule has 0 aromatic carbocycles. The predicted octanol–water partition coefficient (Wildman–Crippen LogP) is -0.0757. The van der Waals surface area contributed by atoms with Gasteiger partial charge in [-0.15, -0.1) is 23.1 Å². The van der Waals surface area contributed by atoms with E-state index in [1.807, 2.05) is 11.4 Å². The quantitative estimate of drug-likeness (QED) is 0.599. The van der Waals surface area contributed by atoms with Gasteiger partial charge in [0, 0.05) is 23.4 Å². The Morgan fingerprint density at radius 1 is 1.48 bits per heavy atom. The van der Waals surface area contributed by atoms with Crippen molar-refractivity contribution < 1.29 is 23.1 Å². The lowest BCUT2D eigenvalue weighted by molar-refractivity contribution is -0.141.